The van der Waals surface area contributed by atoms with E-state index in [9.17, 15) is 0 Å². The second kappa shape index (κ2) is 7.08. The highest BCUT2D eigenvalue weighted by Gasteiger charge is 2.23. The molecular weight excluding hydrogens is 366 g/mol. The SMILES string of the molecule is Cc1nc2ncnn2c(N2CCN(c3ccc(-c4ccncc4)nn3)CC2)c1C. The van der Waals surface area contributed by atoms with Crippen LogP contribution in [0.15, 0.2) is 43.0 Å². The van der Waals surface area contributed by atoms with Crippen LogP contribution in [-0.4, -0.2) is 60.9 Å². The molecule has 4 aromatic heterocycles. The molecule has 0 saturated carbocycles. The summed E-state index contributed by atoms with van der Waals surface area (Å²) in [7, 11) is 0. The standard InChI is InChI=1S/C20H21N9/c1-14-15(2)24-20-22-13-23-29(20)19(14)28-11-9-27(10-12-28)18-4-3-17(25-26-18)16-5-7-21-8-6-16/h3-8,13H,9-12H2,1-2H3. The molecular formula is C20H21N9. The minimum absolute atomic E-state index is 0.642. The van der Waals surface area contributed by atoms with Crippen LogP contribution in [-0.2, 0) is 0 Å². The van der Waals surface area contributed by atoms with E-state index in [-0.39, 0.29) is 0 Å². The lowest BCUT2D eigenvalue weighted by Gasteiger charge is -2.37. The van der Waals surface area contributed by atoms with Gasteiger partial charge in [0.15, 0.2) is 5.82 Å². The Morgan fingerprint density at radius 1 is 0.862 bits per heavy atom. The maximum Gasteiger partial charge on any atom is 0.254 e. The minimum Gasteiger partial charge on any atom is -0.353 e. The van der Waals surface area contributed by atoms with Gasteiger partial charge in [0.1, 0.15) is 12.1 Å². The minimum atomic E-state index is 0.642. The lowest BCUT2D eigenvalue weighted by molar-refractivity contribution is 0.628. The van der Waals surface area contributed by atoms with Gasteiger partial charge >= 0.3 is 0 Å². The summed E-state index contributed by atoms with van der Waals surface area (Å²) in [5, 5.41) is 13.2. The van der Waals surface area contributed by atoms with Crippen molar-refractivity contribution < 1.29 is 0 Å². The lowest BCUT2D eigenvalue weighted by atomic mass is 10.2. The number of aromatic nitrogens is 7. The Morgan fingerprint density at radius 2 is 1.62 bits per heavy atom. The summed E-state index contributed by atoms with van der Waals surface area (Å²) in [6.45, 7) is 7.57. The van der Waals surface area contributed by atoms with Gasteiger partial charge in [-0.25, -0.2) is 4.98 Å². The molecule has 1 fully saturated rings. The van der Waals surface area contributed by atoms with Crippen molar-refractivity contribution in [2.45, 2.75) is 13.8 Å². The predicted octanol–water partition coefficient (Wildman–Crippen LogP) is 1.92. The number of nitrogens with zero attached hydrogens (tertiary/aromatic N) is 9. The molecule has 0 aliphatic carbocycles. The van der Waals surface area contributed by atoms with Crippen molar-refractivity contribution in [2.24, 2.45) is 0 Å². The van der Waals surface area contributed by atoms with Gasteiger partial charge in [0.2, 0.25) is 0 Å². The molecule has 9 heteroatoms. The van der Waals surface area contributed by atoms with Gasteiger partial charge in [-0.15, -0.1) is 10.2 Å². The van der Waals surface area contributed by atoms with E-state index in [0.29, 0.717) is 5.78 Å². The first-order valence-electron chi connectivity index (χ1n) is 9.61. The van der Waals surface area contributed by atoms with Crippen LogP contribution in [0.25, 0.3) is 17.0 Å². The molecule has 0 unspecified atom stereocenters. The third-order valence-electron chi connectivity index (χ3n) is 5.41. The van der Waals surface area contributed by atoms with Gasteiger partial charge in [0, 0.05) is 55.4 Å². The van der Waals surface area contributed by atoms with Gasteiger partial charge in [-0.1, -0.05) is 0 Å². The third kappa shape index (κ3) is 3.14. The monoisotopic (exact) mass is 387 g/mol. The van der Waals surface area contributed by atoms with Crippen LogP contribution in [0, 0.1) is 13.8 Å². The van der Waals surface area contributed by atoms with Crippen molar-refractivity contribution in [1.82, 2.24) is 34.8 Å². The highest BCUT2D eigenvalue weighted by Crippen LogP contribution is 2.25. The van der Waals surface area contributed by atoms with Crippen LogP contribution in [0.2, 0.25) is 0 Å². The van der Waals surface area contributed by atoms with Crippen molar-refractivity contribution in [2.75, 3.05) is 36.0 Å². The second-order valence-corrected chi connectivity index (χ2v) is 7.10. The summed E-state index contributed by atoms with van der Waals surface area (Å²) in [5.41, 5.74) is 3.99. The Bertz CT molecular complexity index is 1130. The molecule has 0 radical (unpaired) electrons. The molecule has 1 aliphatic rings. The molecule has 0 bridgehead atoms. The van der Waals surface area contributed by atoms with Crippen LogP contribution in [0.5, 0.6) is 0 Å². The molecule has 5 heterocycles. The molecule has 0 spiro atoms. The first-order chi connectivity index (χ1) is 14.2. The number of rotatable bonds is 3. The molecule has 1 saturated heterocycles. The number of pyridine rings is 1. The van der Waals surface area contributed by atoms with E-state index < -0.39 is 0 Å². The summed E-state index contributed by atoms with van der Waals surface area (Å²) in [6, 6.07) is 7.92. The molecule has 29 heavy (non-hydrogen) atoms. The Balaban J connectivity index is 1.34. The molecule has 0 aromatic carbocycles. The van der Waals surface area contributed by atoms with E-state index in [1.54, 1.807) is 18.7 Å². The number of hydrogen-bond acceptors (Lipinski definition) is 8. The molecule has 146 valence electrons. The van der Waals surface area contributed by atoms with Crippen molar-refractivity contribution in [1.29, 1.82) is 0 Å². The van der Waals surface area contributed by atoms with Gasteiger partial charge in [-0.05, 0) is 38.1 Å². The van der Waals surface area contributed by atoms with Gasteiger partial charge < -0.3 is 9.80 Å². The smallest absolute Gasteiger partial charge is 0.254 e. The van der Waals surface area contributed by atoms with E-state index in [4.69, 9.17) is 0 Å². The maximum atomic E-state index is 4.52. The van der Waals surface area contributed by atoms with Crippen molar-refractivity contribution >= 4 is 17.4 Å². The number of piperazine rings is 1. The summed E-state index contributed by atoms with van der Waals surface area (Å²) < 4.78 is 1.83. The summed E-state index contributed by atoms with van der Waals surface area (Å²) in [6.07, 6.45) is 5.08. The molecule has 4 aromatic rings. The van der Waals surface area contributed by atoms with Crippen LogP contribution < -0.4 is 9.80 Å². The molecule has 0 N–H and O–H groups in total. The Kier molecular flexibility index (Phi) is 4.27. The molecule has 1 aliphatic heterocycles. The van der Waals surface area contributed by atoms with Crippen LogP contribution in [0.3, 0.4) is 0 Å². The normalized spacial score (nSPS) is 14.6. The fraction of sp³-hybridized carbons (Fsp3) is 0.300. The van der Waals surface area contributed by atoms with E-state index in [1.165, 1.54) is 0 Å². The molecule has 0 atom stereocenters. The largest absolute Gasteiger partial charge is 0.353 e. The zero-order valence-corrected chi connectivity index (χ0v) is 16.4. The average molecular weight is 387 g/mol. The first-order valence-corrected chi connectivity index (χ1v) is 9.61. The maximum absolute atomic E-state index is 4.52. The molecule has 0 amide bonds. The number of fused-ring (bicyclic) bond motifs is 1. The quantitative estimate of drug-likeness (QED) is 0.527. The van der Waals surface area contributed by atoms with Gasteiger partial charge in [-0.3, -0.25) is 4.98 Å². The second-order valence-electron chi connectivity index (χ2n) is 7.10. The Morgan fingerprint density at radius 3 is 2.34 bits per heavy atom. The summed E-state index contributed by atoms with van der Waals surface area (Å²) in [5.74, 6) is 2.61. The number of anilines is 2. The fourth-order valence-corrected chi connectivity index (χ4v) is 3.70. The Hall–Kier alpha value is -3.62. The highest BCUT2D eigenvalue weighted by molar-refractivity contribution is 5.59. The first kappa shape index (κ1) is 17.5. The fourth-order valence-electron chi connectivity index (χ4n) is 3.70. The third-order valence-corrected chi connectivity index (χ3v) is 5.41. The predicted molar refractivity (Wildman–Crippen MR) is 110 cm³/mol. The van der Waals surface area contributed by atoms with E-state index >= 15 is 0 Å². The molecule has 9 nitrogen and oxygen atoms in total. The van der Waals surface area contributed by atoms with Crippen LogP contribution in [0.4, 0.5) is 11.6 Å². The summed E-state index contributed by atoms with van der Waals surface area (Å²) >= 11 is 0. The topological polar surface area (TPSA) is 88.2 Å². The van der Waals surface area contributed by atoms with E-state index in [0.717, 1.165) is 60.3 Å². The Labute approximate surface area is 168 Å². The van der Waals surface area contributed by atoms with Crippen molar-refractivity contribution in [3.05, 3.63) is 54.2 Å². The summed E-state index contributed by atoms with van der Waals surface area (Å²) in [4.78, 5) is 17.4. The lowest BCUT2D eigenvalue weighted by Crippen LogP contribution is -2.47. The van der Waals surface area contributed by atoms with Crippen LogP contribution in [0.1, 0.15) is 11.3 Å². The van der Waals surface area contributed by atoms with E-state index in [1.807, 2.05) is 35.7 Å². The zero-order valence-electron chi connectivity index (χ0n) is 16.4. The molecule has 5 rings (SSSR count). The van der Waals surface area contributed by atoms with E-state index in [2.05, 4.69) is 47.0 Å². The van der Waals surface area contributed by atoms with Crippen molar-refractivity contribution in [3.63, 3.8) is 0 Å². The van der Waals surface area contributed by atoms with Gasteiger partial charge in [0.25, 0.3) is 5.78 Å². The number of hydrogen-bond donors (Lipinski definition) is 0. The van der Waals surface area contributed by atoms with Gasteiger partial charge in [-0.2, -0.15) is 14.6 Å². The zero-order chi connectivity index (χ0) is 19.8. The van der Waals surface area contributed by atoms with Crippen molar-refractivity contribution in [3.8, 4) is 11.3 Å². The highest BCUT2D eigenvalue weighted by atomic mass is 15.4. The van der Waals surface area contributed by atoms with Gasteiger partial charge in [0.05, 0.1) is 5.69 Å². The average Bonchev–Trinajstić information content (AvgIpc) is 3.23. The number of aryl methyl sites for hydroxylation is 1. The van der Waals surface area contributed by atoms with Crippen LogP contribution >= 0.6 is 0 Å².